The predicted molar refractivity (Wildman–Crippen MR) is 68.8 cm³/mol. The van der Waals surface area contributed by atoms with Gasteiger partial charge in [-0.15, -0.1) is 0 Å². The van der Waals surface area contributed by atoms with E-state index >= 15 is 0 Å². The monoisotopic (exact) mass is 246 g/mol. The van der Waals surface area contributed by atoms with Gasteiger partial charge < -0.3 is 4.90 Å². The van der Waals surface area contributed by atoms with E-state index in [0.29, 0.717) is 10.8 Å². The van der Waals surface area contributed by atoms with Crippen LogP contribution in [-0.2, 0) is 6.42 Å². The van der Waals surface area contributed by atoms with Gasteiger partial charge in [0.05, 0.1) is 6.20 Å². The van der Waals surface area contributed by atoms with Crippen molar-refractivity contribution in [2.45, 2.75) is 12.8 Å². The summed E-state index contributed by atoms with van der Waals surface area (Å²) in [7, 11) is 0. The molecular formula is C13H12ClN3. The highest BCUT2D eigenvalue weighted by Gasteiger charge is 2.20. The van der Waals surface area contributed by atoms with Crippen molar-refractivity contribution in [3.05, 3.63) is 47.4 Å². The Morgan fingerprint density at radius 2 is 2.24 bits per heavy atom. The van der Waals surface area contributed by atoms with Crippen LogP contribution in [0.5, 0.6) is 0 Å². The second kappa shape index (κ2) is 4.34. The highest BCUT2D eigenvalue weighted by molar-refractivity contribution is 6.32. The van der Waals surface area contributed by atoms with Crippen LogP contribution in [0.25, 0.3) is 0 Å². The van der Waals surface area contributed by atoms with Crippen molar-refractivity contribution >= 4 is 23.1 Å². The van der Waals surface area contributed by atoms with Crippen molar-refractivity contribution in [1.29, 1.82) is 0 Å². The van der Waals surface area contributed by atoms with Crippen LogP contribution >= 0.6 is 11.6 Å². The Morgan fingerprint density at radius 1 is 1.35 bits per heavy atom. The van der Waals surface area contributed by atoms with Crippen LogP contribution in [0.3, 0.4) is 0 Å². The zero-order valence-electron chi connectivity index (χ0n) is 10.2. The van der Waals surface area contributed by atoms with Gasteiger partial charge in [-0.1, -0.05) is 29.8 Å². The smallest absolute Gasteiger partial charge is 0.155 e. The van der Waals surface area contributed by atoms with E-state index in [-0.39, 0.29) is 6.30 Å². The Hall–Kier alpha value is -1.61. The first-order valence-electron chi connectivity index (χ1n) is 6.10. The molecule has 0 radical (unpaired) electrons. The Morgan fingerprint density at radius 3 is 3.18 bits per heavy atom. The van der Waals surface area contributed by atoms with Crippen LogP contribution < -0.4 is 4.90 Å². The summed E-state index contributed by atoms with van der Waals surface area (Å²) < 4.78 is 7.53. The van der Waals surface area contributed by atoms with Crippen LogP contribution in [0.1, 0.15) is 13.4 Å². The number of hydrogen-bond acceptors (Lipinski definition) is 3. The van der Waals surface area contributed by atoms with Gasteiger partial charge in [0.2, 0.25) is 0 Å². The van der Waals surface area contributed by atoms with Gasteiger partial charge in [-0.25, -0.2) is 9.97 Å². The second-order valence-electron chi connectivity index (χ2n) is 4.03. The van der Waals surface area contributed by atoms with Gasteiger partial charge in [0, 0.05) is 12.2 Å². The first-order valence-corrected chi connectivity index (χ1v) is 5.98. The SMILES string of the molecule is [2H]c1ncc(Cl)c(N2CCCc3ccccc32)n1. The van der Waals surface area contributed by atoms with E-state index in [4.69, 9.17) is 13.0 Å². The molecular weight excluding hydrogens is 234 g/mol. The highest BCUT2D eigenvalue weighted by atomic mass is 35.5. The van der Waals surface area contributed by atoms with Gasteiger partial charge in [-0.2, -0.15) is 0 Å². The molecule has 0 N–H and O–H groups in total. The summed E-state index contributed by atoms with van der Waals surface area (Å²) in [6.07, 6.45) is 3.62. The molecule has 1 aromatic heterocycles. The summed E-state index contributed by atoms with van der Waals surface area (Å²) >= 11 is 6.15. The lowest BCUT2D eigenvalue weighted by Gasteiger charge is -2.30. The van der Waals surface area contributed by atoms with Crippen LogP contribution in [0, 0.1) is 0 Å². The molecule has 0 atom stereocenters. The molecule has 0 unspecified atom stereocenters. The van der Waals surface area contributed by atoms with Crippen LogP contribution in [0.2, 0.25) is 5.02 Å². The molecule has 1 aromatic carbocycles. The number of benzene rings is 1. The molecule has 0 amide bonds. The maximum Gasteiger partial charge on any atom is 0.155 e. The zero-order valence-corrected chi connectivity index (χ0v) is 9.98. The first kappa shape index (κ1) is 9.42. The number of aryl methyl sites for hydroxylation is 1. The number of fused-ring (bicyclic) bond motifs is 1. The molecule has 0 bridgehead atoms. The largest absolute Gasteiger partial charge is 0.325 e. The van der Waals surface area contributed by atoms with Gasteiger partial charge in [-0.05, 0) is 24.5 Å². The average Bonchev–Trinajstić information content (AvgIpc) is 2.41. The standard InChI is InChI=1S/C13H12ClN3/c14-11-8-15-9-16-13(11)17-7-3-5-10-4-1-2-6-12(10)17/h1-2,4,6,8-9H,3,5,7H2/i9D. The fraction of sp³-hybridized carbons (Fsp3) is 0.231. The van der Waals surface area contributed by atoms with E-state index in [1.165, 1.54) is 11.8 Å². The van der Waals surface area contributed by atoms with Crippen LogP contribution in [0.15, 0.2) is 36.8 Å². The lowest BCUT2D eigenvalue weighted by Crippen LogP contribution is -2.25. The number of halogens is 1. The Balaban J connectivity index is 2.11. The van der Waals surface area contributed by atoms with Crippen molar-refractivity contribution in [3.8, 4) is 0 Å². The summed E-state index contributed by atoms with van der Waals surface area (Å²) in [5, 5.41) is 0.489. The van der Waals surface area contributed by atoms with Gasteiger partial charge >= 0.3 is 0 Å². The van der Waals surface area contributed by atoms with Crippen molar-refractivity contribution < 1.29 is 1.37 Å². The van der Waals surface area contributed by atoms with Crippen LogP contribution in [0.4, 0.5) is 11.5 Å². The van der Waals surface area contributed by atoms with Gasteiger partial charge in [0.1, 0.15) is 12.7 Å². The highest BCUT2D eigenvalue weighted by Crippen LogP contribution is 2.34. The first-order chi connectivity index (χ1) is 8.75. The van der Waals surface area contributed by atoms with Crippen molar-refractivity contribution in [3.63, 3.8) is 0 Å². The molecule has 3 nitrogen and oxygen atoms in total. The molecule has 0 aliphatic carbocycles. The number of hydrogen-bond donors (Lipinski definition) is 0. The summed E-state index contributed by atoms with van der Waals surface area (Å²) in [5.74, 6) is 0.629. The quantitative estimate of drug-likeness (QED) is 0.774. The lowest BCUT2D eigenvalue weighted by molar-refractivity contribution is 0.758. The fourth-order valence-corrected chi connectivity index (χ4v) is 2.41. The predicted octanol–water partition coefficient (Wildman–Crippen LogP) is 3.21. The van der Waals surface area contributed by atoms with E-state index < -0.39 is 0 Å². The van der Waals surface area contributed by atoms with Crippen molar-refractivity contribution in [2.24, 2.45) is 0 Å². The third kappa shape index (κ3) is 1.87. The molecule has 2 aromatic rings. The molecule has 1 aliphatic heterocycles. The second-order valence-corrected chi connectivity index (χ2v) is 4.43. The van der Waals surface area contributed by atoms with E-state index in [2.05, 4.69) is 27.0 Å². The van der Waals surface area contributed by atoms with Gasteiger partial charge in [0.15, 0.2) is 5.82 Å². The number of aromatic nitrogens is 2. The molecule has 1 aliphatic rings. The molecule has 0 saturated carbocycles. The topological polar surface area (TPSA) is 29.0 Å². The molecule has 3 rings (SSSR count). The molecule has 2 heterocycles. The van der Waals surface area contributed by atoms with Crippen molar-refractivity contribution in [1.82, 2.24) is 9.97 Å². The fourth-order valence-electron chi connectivity index (χ4n) is 2.22. The Labute approximate surface area is 106 Å². The van der Waals surface area contributed by atoms with E-state index in [0.717, 1.165) is 25.1 Å². The molecule has 86 valence electrons. The summed E-state index contributed by atoms with van der Waals surface area (Å²) in [5.41, 5.74) is 2.42. The normalized spacial score (nSPS) is 15.4. The maximum absolute atomic E-state index is 7.53. The Kier molecular flexibility index (Phi) is 2.40. The minimum atomic E-state index is -0.00236. The summed E-state index contributed by atoms with van der Waals surface area (Å²) in [4.78, 5) is 10.0. The molecule has 0 spiro atoms. The minimum Gasteiger partial charge on any atom is -0.325 e. The summed E-state index contributed by atoms with van der Waals surface area (Å²) in [6, 6.07) is 8.24. The number of anilines is 2. The molecule has 0 fully saturated rings. The number of nitrogens with zero attached hydrogens (tertiary/aromatic N) is 3. The van der Waals surface area contributed by atoms with Crippen molar-refractivity contribution in [2.75, 3.05) is 11.4 Å². The minimum absolute atomic E-state index is 0.00236. The van der Waals surface area contributed by atoms with E-state index in [1.54, 1.807) is 0 Å². The molecule has 17 heavy (non-hydrogen) atoms. The lowest BCUT2D eigenvalue weighted by atomic mass is 10.0. The molecule has 4 heteroatoms. The zero-order chi connectivity index (χ0) is 12.5. The maximum atomic E-state index is 7.53. The van der Waals surface area contributed by atoms with E-state index in [1.807, 2.05) is 12.1 Å². The third-order valence-corrected chi connectivity index (χ3v) is 3.24. The van der Waals surface area contributed by atoms with Gasteiger partial charge in [-0.3, -0.25) is 0 Å². The number of rotatable bonds is 1. The Bertz CT molecular complexity index is 588. The van der Waals surface area contributed by atoms with Crippen LogP contribution in [-0.4, -0.2) is 16.5 Å². The third-order valence-electron chi connectivity index (χ3n) is 2.97. The van der Waals surface area contributed by atoms with Gasteiger partial charge in [0.25, 0.3) is 0 Å². The van der Waals surface area contributed by atoms with E-state index in [9.17, 15) is 0 Å². The average molecular weight is 247 g/mol. The molecule has 0 saturated heterocycles. The number of para-hydroxylation sites is 1. The summed E-state index contributed by atoms with van der Waals surface area (Å²) in [6.45, 7) is 0.868.